The van der Waals surface area contributed by atoms with Gasteiger partial charge in [0.05, 0.1) is 11.3 Å². The first kappa shape index (κ1) is 23.0. The lowest BCUT2D eigenvalue weighted by molar-refractivity contribution is -0.125. The van der Waals surface area contributed by atoms with Crippen molar-refractivity contribution in [3.63, 3.8) is 0 Å². The van der Waals surface area contributed by atoms with Crippen molar-refractivity contribution in [3.05, 3.63) is 54.1 Å². The zero-order valence-corrected chi connectivity index (χ0v) is 19.5. The molecule has 0 radical (unpaired) electrons. The van der Waals surface area contributed by atoms with Gasteiger partial charge in [-0.05, 0) is 80.3 Å². The number of amides is 1. The first-order valence-electron chi connectivity index (χ1n) is 11.7. The van der Waals surface area contributed by atoms with Gasteiger partial charge in [-0.15, -0.1) is 5.11 Å². The highest BCUT2D eigenvalue weighted by atomic mass is 16.5. The van der Waals surface area contributed by atoms with Crippen LogP contribution < -0.4 is 10.2 Å². The van der Waals surface area contributed by atoms with Crippen LogP contribution in [0, 0.1) is 17.8 Å². The van der Waals surface area contributed by atoms with Gasteiger partial charge in [0.2, 0.25) is 0 Å². The van der Waals surface area contributed by atoms with Gasteiger partial charge in [-0.2, -0.15) is 5.11 Å². The average Bonchev–Trinajstić information content (AvgIpc) is 3.45. The molecule has 2 aromatic rings. The Balaban J connectivity index is 1.32. The van der Waals surface area contributed by atoms with Crippen molar-refractivity contribution in [3.8, 4) is 0 Å². The van der Waals surface area contributed by atoms with Crippen LogP contribution in [-0.4, -0.2) is 38.6 Å². The first-order valence-corrected chi connectivity index (χ1v) is 11.7. The molecule has 2 fully saturated rings. The zero-order valence-electron chi connectivity index (χ0n) is 19.5. The standard InChI is InChI=1S/C26H32N4O3/c1-17(23-15-18-8-9-19(23)14-18)27-25(31)16-33-26(32)22-6-4-5-7-24(22)29-28-20-10-12-21(13-11-20)30(2)3/h4-7,10-13,17-19,23H,8-9,14-16H2,1-3H3,(H,27,31)/t17-,18+,19+,23+/m0/s1. The zero-order chi connectivity index (χ0) is 23.4. The lowest BCUT2D eigenvalue weighted by atomic mass is 9.84. The minimum atomic E-state index is -0.588. The van der Waals surface area contributed by atoms with Gasteiger partial charge in [0.25, 0.3) is 5.91 Å². The van der Waals surface area contributed by atoms with E-state index < -0.39 is 5.97 Å². The maximum absolute atomic E-state index is 12.6. The minimum Gasteiger partial charge on any atom is -0.452 e. The van der Waals surface area contributed by atoms with Crippen LogP contribution in [-0.2, 0) is 9.53 Å². The van der Waals surface area contributed by atoms with Crippen molar-refractivity contribution < 1.29 is 14.3 Å². The number of nitrogens with zero attached hydrogens (tertiary/aromatic N) is 3. The summed E-state index contributed by atoms with van der Waals surface area (Å²) in [5, 5.41) is 11.5. The number of nitrogens with one attached hydrogen (secondary N) is 1. The fourth-order valence-electron chi connectivity index (χ4n) is 5.18. The number of hydrogen-bond acceptors (Lipinski definition) is 6. The predicted molar refractivity (Wildman–Crippen MR) is 128 cm³/mol. The monoisotopic (exact) mass is 448 g/mol. The van der Waals surface area contributed by atoms with Crippen LogP contribution in [0.4, 0.5) is 17.1 Å². The molecule has 7 nitrogen and oxygen atoms in total. The van der Waals surface area contributed by atoms with E-state index in [4.69, 9.17) is 4.74 Å². The van der Waals surface area contributed by atoms with E-state index >= 15 is 0 Å². The molecule has 4 atom stereocenters. The van der Waals surface area contributed by atoms with Gasteiger partial charge in [0.1, 0.15) is 5.69 Å². The molecule has 0 aromatic heterocycles. The summed E-state index contributed by atoms with van der Waals surface area (Å²) in [6, 6.07) is 14.6. The number of anilines is 1. The largest absolute Gasteiger partial charge is 0.452 e. The van der Waals surface area contributed by atoms with Crippen LogP contribution in [0.3, 0.4) is 0 Å². The Bertz CT molecular complexity index is 1020. The maximum atomic E-state index is 12.6. The number of azo groups is 1. The topological polar surface area (TPSA) is 83.4 Å². The lowest BCUT2D eigenvalue weighted by Crippen LogP contribution is -2.42. The smallest absolute Gasteiger partial charge is 0.340 e. The summed E-state index contributed by atoms with van der Waals surface area (Å²) in [5.41, 5.74) is 2.42. The maximum Gasteiger partial charge on any atom is 0.340 e. The van der Waals surface area contributed by atoms with Gasteiger partial charge in [0, 0.05) is 25.8 Å². The summed E-state index contributed by atoms with van der Waals surface area (Å²) in [6.07, 6.45) is 5.10. The van der Waals surface area contributed by atoms with Crippen molar-refractivity contribution in [2.75, 3.05) is 25.6 Å². The van der Waals surface area contributed by atoms with E-state index in [2.05, 4.69) is 22.5 Å². The van der Waals surface area contributed by atoms with Gasteiger partial charge < -0.3 is 15.0 Å². The van der Waals surface area contributed by atoms with E-state index in [1.165, 1.54) is 25.7 Å². The average molecular weight is 449 g/mol. The van der Waals surface area contributed by atoms with Crippen molar-refractivity contribution >= 4 is 28.9 Å². The highest BCUT2D eigenvalue weighted by Gasteiger charge is 2.42. The van der Waals surface area contributed by atoms with Crippen LogP contribution in [0.25, 0.3) is 0 Å². The fourth-order valence-corrected chi connectivity index (χ4v) is 5.18. The number of ether oxygens (including phenoxy) is 1. The molecular formula is C26H32N4O3. The number of esters is 1. The molecule has 0 saturated heterocycles. The summed E-state index contributed by atoms with van der Waals surface area (Å²) >= 11 is 0. The molecule has 174 valence electrons. The number of fused-ring (bicyclic) bond motifs is 2. The molecule has 7 heteroatoms. The van der Waals surface area contributed by atoms with E-state index in [1.807, 2.05) is 43.3 Å². The van der Waals surface area contributed by atoms with Crippen molar-refractivity contribution in [2.24, 2.45) is 28.0 Å². The summed E-state index contributed by atoms with van der Waals surface area (Å²) in [4.78, 5) is 27.0. The molecule has 4 rings (SSSR count). The number of carbonyl (C=O) groups excluding carboxylic acids is 2. The third-order valence-electron chi connectivity index (χ3n) is 6.92. The minimum absolute atomic E-state index is 0.103. The van der Waals surface area contributed by atoms with Crippen molar-refractivity contribution in [2.45, 2.75) is 38.6 Å². The fraction of sp³-hybridized carbons (Fsp3) is 0.462. The van der Waals surface area contributed by atoms with Gasteiger partial charge in [0.15, 0.2) is 6.61 Å². The molecule has 2 aliphatic rings. The van der Waals surface area contributed by atoms with Crippen LogP contribution in [0.5, 0.6) is 0 Å². The van der Waals surface area contributed by atoms with Crippen LogP contribution in [0.15, 0.2) is 58.8 Å². The van der Waals surface area contributed by atoms with E-state index in [0.717, 1.165) is 17.5 Å². The normalized spacial score (nSPS) is 22.3. The molecule has 0 aliphatic heterocycles. The Morgan fingerprint density at radius 1 is 1.06 bits per heavy atom. The highest BCUT2D eigenvalue weighted by Crippen LogP contribution is 2.49. The van der Waals surface area contributed by atoms with E-state index in [0.29, 0.717) is 17.3 Å². The Morgan fingerprint density at radius 3 is 2.48 bits per heavy atom. The Kier molecular flexibility index (Phi) is 7.06. The molecule has 0 spiro atoms. The Hall–Kier alpha value is -3.22. The molecule has 2 bridgehead atoms. The summed E-state index contributed by atoms with van der Waals surface area (Å²) < 4.78 is 5.29. The third-order valence-corrected chi connectivity index (χ3v) is 6.92. The second-order valence-electron chi connectivity index (χ2n) is 9.40. The molecule has 0 unspecified atom stereocenters. The molecule has 1 N–H and O–H groups in total. The van der Waals surface area contributed by atoms with Crippen molar-refractivity contribution in [1.82, 2.24) is 5.32 Å². The molecule has 2 aliphatic carbocycles. The Morgan fingerprint density at radius 2 is 1.82 bits per heavy atom. The molecule has 0 heterocycles. The second kappa shape index (κ2) is 10.1. The van der Waals surface area contributed by atoms with Gasteiger partial charge in [-0.25, -0.2) is 4.79 Å². The van der Waals surface area contributed by atoms with E-state index in [-0.39, 0.29) is 24.1 Å². The number of benzene rings is 2. The lowest BCUT2D eigenvalue weighted by Gasteiger charge is -2.28. The van der Waals surface area contributed by atoms with E-state index in [9.17, 15) is 9.59 Å². The van der Waals surface area contributed by atoms with Gasteiger partial charge >= 0.3 is 5.97 Å². The Labute approximate surface area is 195 Å². The predicted octanol–water partition coefficient (Wildman–Crippen LogP) is 5.27. The second-order valence-corrected chi connectivity index (χ2v) is 9.40. The number of rotatable bonds is 8. The molecular weight excluding hydrogens is 416 g/mol. The number of carbonyl (C=O) groups is 2. The van der Waals surface area contributed by atoms with Crippen molar-refractivity contribution in [1.29, 1.82) is 0 Å². The first-order chi connectivity index (χ1) is 15.9. The van der Waals surface area contributed by atoms with Gasteiger partial charge in [-0.3, -0.25) is 4.79 Å². The molecule has 1 amide bonds. The molecule has 2 aromatic carbocycles. The SMILES string of the molecule is C[C@H](NC(=O)COC(=O)c1ccccc1N=Nc1ccc(N(C)C)cc1)[C@H]1C[C@@H]2CC[C@@H]1C2. The highest BCUT2D eigenvalue weighted by molar-refractivity contribution is 5.96. The van der Waals surface area contributed by atoms with Crippen LogP contribution in [0.2, 0.25) is 0 Å². The van der Waals surface area contributed by atoms with E-state index in [1.54, 1.807) is 24.3 Å². The number of hydrogen-bond donors (Lipinski definition) is 1. The third kappa shape index (κ3) is 5.59. The quantitative estimate of drug-likeness (QED) is 0.441. The van der Waals surface area contributed by atoms with Gasteiger partial charge in [-0.1, -0.05) is 18.6 Å². The van der Waals surface area contributed by atoms with Crippen LogP contribution >= 0.6 is 0 Å². The molecule has 2 saturated carbocycles. The van der Waals surface area contributed by atoms with Crippen LogP contribution in [0.1, 0.15) is 43.0 Å². The summed E-state index contributed by atoms with van der Waals surface area (Å²) in [7, 11) is 3.94. The summed E-state index contributed by atoms with van der Waals surface area (Å²) in [5.74, 6) is 1.24. The molecule has 33 heavy (non-hydrogen) atoms. The summed E-state index contributed by atoms with van der Waals surface area (Å²) in [6.45, 7) is 1.76.